The van der Waals surface area contributed by atoms with Crippen LogP contribution < -0.4 is 5.43 Å². The normalized spacial score (nSPS) is 13.3. The molecule has 0 spiro atoms. The SMILES string of the molecule is Cc1ccccc1-c1ccc(-c2ccc3oc4ccc(-c5ccc6c(c5)C(C)(C)c5ccccc5-6)cc4c(=O)c3c2)cc1C. The van der Waals surface area contributed by atoms with E-state index in [2.05, 4.69) is 119 Å². The molecule has 2 nitrogen and oxygen atoms in total. The van der Waals surface area contributed by atoms with E-state index in [1.807, 2.05) is 30.3 Å². The summed E-state index contributed by atoms with van der Waals surface area (Å²) in [6.45, 7) is 8.87. The van der Waals surface area contributed by atoms with Crippen LogP contribution in [0.2, 0.25) is 0 Å². The third-order valence-corrected chi connectivity index (χ3v) is 9.58. The molecule has 1 aliphatic carbocycles. The van der Waals surface area contributed by atoms with Gasteiger partial charge in [0.05, 0.1) is 10.8 Å². The van der Waals surface area contributed by atoms with Crippen molar-refractivity contribution in [2.24, 2.45) is 0 Å². The van der Waals surface area contributed by atoms with Crippen molar-refractivity contribution in [1.82, 2.24) is 0 Å². The molecule has 0 unspecified atom stereocenters. The summed E-state index contributed by atoms with van der Waals surface area (Å²) in [6, 6.07) is 42.3. The minimum atomic E-state index is -0.0824. The highest BCUT2D eigenvalue weighted by atomic mass is 16.3. The highest BCUT2D eigenvalue weighted by Crippen LogP contribution is 2.49. The standard InChI is InChI=1S/C42H32O2/c1-25-9-5-6-10-31(25)32-17-13-27(21-26(32)2)28-15-19-39-35(22-28)41(43)36-23-29(16-20-40(36)44-39)30-14-18-34-33-11-7-8-12-37(33)42(3,4)38(34)24-30/h5-24H,1-4H3. The maximum Gasteiger partial charge on any atom is 0.200 e. The number of aryl methyl sites for hydroxylation is 2. The lowest BCUT2D eigenvalue weighted by atomic mass is 9.81. The molecule has 0 aliphatic heterocycles. The largest absolute Gasteiger partial charge is 0.456 e. The van der Waals surface area contributed by atoms with E-state index in [1.54, 1.807) is 0 Å². The Kier molecular flexibility index (Phi) is 5.80. The van der Waals surface area contributed by atoms with Gasteiger partial charge in [0, 0.05) is 5.41 Å². The van der Waals surface area contributed by atoms with E-state index in [-0.39, 0.29) is 10.8 Å². The van der Waals surface area contributed by atoms with Gasteiger partial charge in [-0.1, -0.05) is 105 Å². The molecule has 7 aromatic rings. The third kappa shape index (κ3) is 3.98. The Labute approximate surface area is 257 Å². The van der Waals surface area contributed by atoms with Gasteiger partial charge in [0.15, 0.2) is 0 Å². The molecule has 0 amide bonds. The quantitative estimate of drug-likeness (QED) is 0.199. The van der Waals surface area contributed by atoms with Gasteiger partial charge in [-0.2, -0.15) is 0 Å². The fourth-order valence-corrected chi connectivity index (χ4v) is 7.12. The number of benzene rings is 6. The molecule has 1 heterocycles. The van der Waals surface area contributed by atoms with Crippen molar-refractivity contribution >= 4 is 21.9 Å². The van der Waals surface area contributed by atoms with Crippen LogP contribution in [0.3, 0.4) is 0 Å². The molecular formula is C42H32O2. The Morgan fingerprint density at radius 2 is 0.977 bits per heavy atom. The first-order valence-corrected chi connectivity index (χ1v) is 15.2. The molecule has 44 heavy (non-hydrogen) atoms. The predicted octanol–water partition coefficient (Wildman–Crippen LogP) is 10.9. The molecule has 0 fully saturated rings. The first-order valence-electron chi connectivity index (χ1n) is 15.2. The molecule has 1 aromatic heterocycles. The van der Waals surface area contributed by atoms with Crippen LogP contribution >= 0.6 is 0 Å². The zero-order valence-corrected chi connectivity index (χ0v) is 25.4. The van der Waals surface area contributed by atoms with E-state index in [0.29, 0.717) is 21.9 Å². The molecule has 0 saturated carbocycles. The van der Waals surface area contributed by atoms with E-state index >= 15 is 0 Å². The Morgan fingerprint density at radius 3 is 1.64 bits per heavy atom. The molecule has 0 radical (unpaired) electrons. The van der Waals surface area contributed by atoms with E-state index in [9.17, 15) is 4.79 Å². The summed E-state index contributed by atoms with van der Waals surface area (Å²) < 4.78 is 6.27. The number of rotatable bonds is 3. The van der Waals surface area contributed by atoms with Crippen molar-refractivity contribution in [3.63, 3.8) is 0 Å². The lowest BCUT2D eigenvalue weighted by Gasteiger charge is -2.22. The van der Waals surface area contributed by atoms with Gasteiger partial charge in [-0.05, 0) is 111 Å². The van der Waals surface area contributed by atoms with Crippen LogP contribution in [-0.4, -0.2) is 0 Å². The molecule has 1 aliphatic rings. The van der Waals surface area contributed by atoms with Crippen LogP contribution in [0.1, 0.15) is 36.1 Å². The summed E-state index contributed by atoms with van der Waals surface area (Å²) >= 11 is 0. The molecule has 0 saturated heterocycles. The molecule has 212 valence electrons. The maximum atomic E-state index is 14.0. The van der Waals surface area contributed by atoms with Crippen molar-refractivity contribution in [1.29, 1.82) is 0 Å². The first-order chi connectivity index (χ1) is 21.3. The second-order valence-corrected chi connectivity index (χ2v) is 12.6. The van der Waals surface area contributed by atoms with Crippen LogP contribution in [0, 0.1) is 13.8 Å². The average molecular weight is 569 g/mol. The van der Waals surface area contributed by atoms with Gasteiger partial charge >= 0.3 is 0 Å². The smallest absolute Gasteiger partial charge is 0.200 e. The van der Waals surface area contributed by atoms with Crippen molar-refractivity contribution in [2.45, 2.75) is 33.1 Å². The average Bonchev–Trinajstić information content (AvgIpc) is 3.27. The molecule has 0 bridgehead atoms. The zero-order chi connectivity index (χ0) is 30.2. The minimum absolute atomic E-state index is 0.00732. The summed E-state index contributed by atoms with van der Waals surface area (Å²) in [5, 5.41) is 1.19. The first kappa shape index (κ1) is 26.4. The summed E-state index contributed by atoms with van der Waals surface area (Å²) in [5.74, 6) is 0. The van der Waals surface area contributed by atoms with Crippen LogP contribution in [0.15, 0.2) is 131 Å². The number of hydrogen-bond acceptors (Lipinski definition) is 2. The highest BCUT2D eigenvalue weighted by molar-refractivity contribution is 5.94. The molecule has 0 atom stereocenters. The summed E-state index contributed by atoms with van der Waals surface area (Å²) in [7, 11) is 0. The van der Waals surface area contributed by atoms with Gasteiger partial charge in [-0.15, -0.1) is 0 Å². The van der Waals surface area contributed by atoms with Crippen molar-refractivity contribution < 1.29 is 4.42 Å². The fourth-order valence-electron chi connectivity index (χ4n) is 7.12. The van der Waals surface area contributed by atoms with Crippen LogP contribution in [0.5, 0.6) is 0 Å². The number of hydrogen-bond donors (Lipinski definition) is 0. The van der Waals surface area contributed by atoms with Gasteiger partial charge in [0.25, 0.3) is 0 Å². The van der Waals surface area contributed by atoms with Gasteiger partial charge in [-0.3, -0.25) is 4.79 Å². The van der Waals surface area contributed by atoms with Crippen molar-refractivity contribution in [2.75, 3.05) is 0 Å². The lowest BCUT2D eigenvalue weighted by Crippen LogP contribution is -2.14. The summed E-state index contributed by atoms with van der Waals surface area (Å²) in [6.07, 6.45) is 0. The Bertz CT molecular complexity index is 2350. The molecule has 2 heteroatoms. The summed E-state index contributed by atoms with van der Waals surface area (Å²) in [5.41, 5.74) is 15.5. The highest BCUT2D eigenvalue weighted by Gasteiger charge is 2.35. The lowest BCUT2D eigenvalue weighted by molar-refractivity contribution is 0.659. The minimum Gasteiger partial charge on any atom is -0.456 e. The van der Waals surface area contributed by atoms with Gasteiger partial charge in [-0.25, -0.2) is 0 Å². The molecule has 0 N–H and O–H groups in total. The summed E-state index contributed by atoms with van der Waals surface area (Å²) in [4.78, 5) is 14.0. The second kappa shape index (κ2) is 9.65. The third-order valence-electron chi connectivity index (χ3n) is 9.58. The van der Waals surface area contributed by atoms with E-state index in [1.165, 1.54) is 44.5 Å². The monoisotopic (exact) mass is 568 g/mol. The topological polar surface area (TPSA) is 30.2 Å². The van der Waals surface area contributed by atoms with E-state index < -0.39 is 0 Å². The second-order valence-electron chi connectivity index (χ2n) is 12.6. The van der Waals surface area contributed by atoms with Crippen LogP contribution in [-0.2, 0) is 5.41 Å². The molecule has 6 aromatic carbocycles. The fraction of sp³-hybridized carbons (Fsp3) is 0.119. The number of fused-ring (bicyclic) bond motifs is 5. The van der Waals surface area contributed by atoms with Gasteiger partial charge in [0.1, 0.15) is 11.2 Å². The van der Waals surface area contributed by atoms with E-state index in [4.69, 9.17) is 4.42 Å². The van der Waals surface area contributed by atoms with Gasteiger partial charge < -0.3 is 4.42 Å². The van der Waals surface area contributed by atoms with Crippen LogP contribution in [0.4, 0.5) is 0 Å². The maximum absolute atomic E-state index is 14.0. The molecular weight excluding hydrogens is 536 g/mol. The van der Waals surface area contributed by atoms with Crippen molar-refractivity contribution in [3.05, 3.63) is 154 Å². The Morgan fingerprint density at radius 1 is 0.477 bits per heavy atom. The Balaban J connectivity index is 1.21. The van der Waals surface area contributed by atoms with Crippen LogP contribution in [0.25, 0.3) is 66.4 Å². The van der Waals surface area contributed by atoms with Crippen molar-refractivity contribution in [3.8, 4) is 44.5 Å². The Hall–Kier alpha value is -5.21. The zero-order valence-electron chi connectivity index (χ0n) is 25.4. The van der Waals surface area contributed by atoms with E-state index in [0.717, 1.165) is 22.3 Å². The molecule has 8 rings (SSSR count). The van der Waals surface area contributed by atoms with Gasteiger partial charge in [0.2, 0.25) is 5.43 Å². The predicted molar refractivity (Wildman–Crippen MR) is 183 cm³/mol.